The first-order valence-electron chi connectivity index (χ1n) is 5.80. The van der Waals surface area contributed by atoms with E-state index in [2.05, 4.69) is 20.9 Å². The molecule has 0 spiro atoms. The van der Waals surface area contributed by atoms with Crippen LogP contribution in [-0.4, -0.2) is 9.91 Å². The van der Waals surface area contributed by atoms with Crippen LogP contribution in [0.2, 0.25) is 0 Å². The third-order valence-corrected chi connectivity index (χ3v) is 3.28. The van der Waals surface area contributed by atoms with E-state index in [1.165, 1.54) is 12.1 Å². The van der Waals surface area contributed by atoms with E-state index in [1.807, 2.05) is 6.92 Å². The minimum atomic E-state index is -0.481. The lowest BCUT2D eigenvalue weighted by atomic mass is 10.1. The SMILES string of the molecule is C[C@@H](N)c1ccnc(Oc2cc([N+](=O)[O-])ccc2Br)c1. The van der Waals surface area contributed by atoms with Gasteiger partial charge in [-0.25, -0.2) is 4.98 Å². The first kappa shape index (κ1) is 14.4. The molecule has 0 radical (unpaired) electrons. The molecule has 0 saturated carbocycles. The van der Waals surface area contributed by atoms with Crippen molar-refractivity contribution in [3.05, 3.63) is 56.7 Å². The summed E-state index contributed by atoms with van der Waals surface area (Å²) in [5.74, 6) is 0.662. The fourth-order valence-electron chi connectivity index (χ4n) is 1.56. The van der Waals surface area contributed by atoms with Gasteiger partial charge in [-0.05, 0) is 40.5 Å². The fourth-order valence-corrected chi connectivity index (χ4v) is 1.89. The molecule has 1 aromatic carbocycles. The van der Waals surface area contributed by atoms with Gasteiger partial charge in [0.1, 0.15) is 0 Å². The predicted octanol–water partition coefficient (Wildman–Crippen LogP) is 3.56. The number of nitrogens with two attached hydrogens (primary N) is 1. The summed E-state index contributed by atoms with van der Waals surface area (Å²) in [5, 5.41) is 10.8. The molecule has 0 unspecified atom stereocenters. The molecule has 2 aromatic rings. The van der Waals surface area contributed by atoms with Gasteiger partial charge in [0.15, 0.2) is 5.75 Å². The number of benzene rings is 1. The van der Waals surface area contributed by atoms with E-state index in [4.69, 9.17) is 10.5 Å². The van der Waals surface area contributed by atoms with E-state index >= 15 is 0 Å². The Bertz CT molecular complexity index is 647. The second-order valence-electron chi connectivity index (χ2n) is 4.19. The smallest absolute Gasteiger partial charge is 0.273 e. The average Bonchev–Trinajstić information content (AvgIpc) is 2.41. The Kier molecular flexibility index (Phi) is 4.31. The molecular formula is C13H12BrN3O3. The first-order chi connectivity index (χ1) is 9.47. The zero-order valence-corrected chi connectivity index (χ0v) is 12.2. The van der Waals surface area contributed by atoms with Crippen molar-refractivity contribution < 1.29 is 9.66 Å². The summed E-state index contributed by atoms with van der Waals surface area (Å²) in [4.78, 5) is 14.3. The highest BCUT2D eigenvalue weighted by Gasteiger charge is 2.12. The van der Waals surface area contributed by atoms with Crippen LogP contribution in [0, 0.1) is 10.1 Å². The Balaban J connectivity index is 2.32. The molecule has 20 heavy (non-hydrogen) atoms. The largest absolute Gasteiger partial charge is 0.438 e. The maximum Gasteiger partial charge on any atom is 0.273 e. The number of rotatable bonds is 4. The number of pyridine rings is 1. The van der Waals surface area contributed by atoms with Crippen LogP contribution in [0.25, 0.3) is 0 Å². The number of hydrogen-bond acceptors (Lipinski definition) is 5. The summed E-state index contributed by atoms with van der Waals surface area (Å²) in [5.41, 5.74) is 6.61. The highest BCUT2D eigenvalue weighted by molar-refractivity contribution is 9.10. The van der Waals surface area contributed by atoms with Gasteiger partial charge in [-0.15, -0.1) is 0 Å². The van der Waals surface area contributed by atoms with Crippen LogP contribution in [0.5, 0.6) is 11.6 Å². The molecule has 7 heteroatoms. The summed E-state index contributed by atoms with van der Waals surface area (Å²) in [6, 6.07) is 7.64. The zero-order chi connectivity index (χ0) is 14.7. The van der Waals surface area contributed by atoms with E-state index < -0.39 is 4.92 Å². The Morgan fingerprint density at radius 3 is 2.80 bits per heavy atom. The van der Waals surface area contributed by atoms with Crippen LogP contribution in [0.15, 0.2) is 41.0 Å². The number of ether oxygens (including phenoxy) is 1. The number of halogens is 1. The quantitative estimate of drug-likeness (QED) is 0.680. The number of nitro benzene ring substituents is 1. The van der Waals surface area contributed by atoms with Crippen LogP contribution < -0.4 is 10.5 Å². The molecule has 0 fully saturated rings. The van der Waals surface area contributed by atoms with Crippen LogP contribution in [0.3, 0.4) is 0 Å². The molecule has 0 bridgehead atoms. The summed E-state index contributed by atoms with van der Waals surface area (Å²) in [7, 11) is 0. The molecule has 1 heterocycles. The molecule has 2 N–H and O–H groups in total. The van der Waals surface area contributed by atoms with Gasteiger partial charge in [-0.3, -0.25) is 10.1 Å². The van der Waals surface area contributed by atoms with Crippen molar-refractivity contribution in [1.82, 2.24) is 4.98 Å². The third kappa shape index (κ3) is 3.31. The summed E-state index contributed by atoms with van der Waals surface area (Å²) >= 11 is 3.28. The van der Waals surface area contributed by atoms with Gasteiger partial charge in [0.2, 0.25) is 5.88 Å². The summed E-state index contributed by atoms with van der Waals surface area (Å²) in [6.45, 7) is 1.85. The van der Waals surface area contributed by atoms with E-state index in [9.17, 15) is 10.1 Å². The maximum atomic E-state index is 10.8. The number of nitro groups is 1. The van der Waals surface area contributed by atoms with Crippen LogP contribution in [0.4, 0.5) is 5.69 Å². The van der Waals surface area contributed by atoms with Crippen molar-refractivity contribution in [2.45, 2.75) is 13.0 Å². The monoisotopic (exact) mass is 337 g/mol. The van der Waals surface area contributed by atoms with Gasteiger partial charge < -0.3 is 10.5 Å². The van der Waals surface area contributed by atoms with Crippen molar-refractivity contribution in [3.63, 3.8) is 0 Å². The molecule has 0 amide bonds. The Hall–Kier alpha value is -1.99. The highest BCUT2D eigenvalue weighted by atomic mass is 79.9. The van der Waals surface area contributed by atoms with Crippen molar-refractivity contribution in [1.29, 1.82) is 0 Å². The maximum absolute atomic E-state index is 10.8. The lowest BCUT2D eigenvalue weighted by Gasteiger charge is -2.09. The van der Waals surface area contributed by atoms with E-state index in [0.29, 0.717) is 16.1 Å². The van der Waals surface area contributed by atoms with Gasteiger partial charge in [0, 0.05) is 24.4 Å². The normalized spacial score (nSPS) is 11.9. The van der Waals surface area contributed by atoms with Crippen molar-refractivity contribution >= 4 is 21.6 Å². The standard InChI is InChI=1S/C13H12BrN3O3/c1-8(15)9-4-5-16-13(6-9)20-12-7-10(17(18)19)2-3-11(12)14/h2-8H,15H2,1H3/t8-/m1/s1. The molecular weight excluding hydrogens is 326 g/mol. The molecule has 1 atom stereocenters. The van der Waals surface area contributed by atoms with Gasteiger partial charge in [0.05, 0.1) is 15.5 Å². The van der Waals surface area contributed by atoms with Gasteiger partial charge in [0.25, 0.3) is 5.69 Å². The molecule has 0 aliphatic rings. The molecule has 104 valence electrons. The second-order valence-corrected chi connectivity index (χ2v) is 5.04. The Labute approximate surface area is 123 Å². The minimum Gasteiger partial charge on any atom is -0.438 e. The topological polar surface area (TPSA) is 91.3 Å². The van der Waals surface area contributed by atoms with E-state index in [0.717, 1.165) is 5.56 Å². The van der Waals surface area contributed by atoms with Crippen molar-refractivity contribution in [3.8, 4) is 11.6 Å². The molecule has 6 nitrogen and oxygen atoms in total. The van der Waals surface area contributed by atoms with E-state index in [1.54, 1.807) is 24.4 Å². The number of non-ortho nitro benzene ring substituents is 1. The Morgan fingerprint density at radius 1 is 1.40 bits per heavy atom. The zero-order valence-electron chi connectivity index (χ0n) is 10.6. The minimum absolute atomic E-state index is 0.0495. The van der Waals surface area contributed by atoms with Gasteiger partial charge >= 0.3 is 0 Å². The van der Waals surface area contributed by atoms with Crippen molar-refractivity contribution in [2.75, 3.05) is 0 Å². The molecule has 2 rings (SSSR count). The van der Waals surface area contributed by atoms with E-state index in [-0.39, 0.29) is 11.7 Å². The average molecular weight is 338 g/mol. The van der Waals surface area contributed by atoms with Gasteiger partial charge in [-0.2, -0.15) is 0 Å². The number of nitrogens with zero attached hydrogens (tertiary/aromatic N) is 2. The fraction of sp³-hybridized carbons (Fsp3) is 0.154. The summed E-state index contributed by atoms with van der Waals surface area (Å²) < 4.78 is 6.18. The molecule has 0 aliphatic heterocycles. The van der Waals surface area contributed by atoms with Crippen molar-refractivity contribution in [2.24, 2.45) is 5.73 Å². The number of aromatic nitrogens is 1. The predicted molar refractivity (Wildman–Crippen MR) is 77.7 cm³/mol. The highest BCUT2D eigenvalue weighted by Crippen LogP contribution is 2.32. The Morgan fingerprint density at radius 2 is 2.15 bits per heavy atom. The second kappa shape index (κ2) is 5.98. The molecule has 0 aliphatic carbocycles. The van der Waals surface area contributed by atoms with Crippen LogP contribution in [0.1, 0.15) is 18.5 Å². The lowest BCUT2D eigenvalue weighted by molar-refractivity contribution is -0.384. The van der Waals surface area contributed by atoms with Crippen LogP contribution >= 0.6 is 15.9 Å². The summed E-state index contributed by atoms with van der Waals surface area (Å²) in [6.07, 6.45) is 1.58. The van der Waals surface area contributed by atoms with Gasteiger partial charge in [-0.1, -0.05) is 0 Å². The lowest BCUT2D eigenvalue weighted by Crippen LogP contribution is -2.05. The molecule has 1 aromatic heterocycles. The first-order valence-corrected chi connectivity index (χ1v) is 6.60. The third-order valence-electron chi connectivity index (χ3n) is 2.62. The van der Waals surface area contributed by atoms with Crippen LogP contribution in [-0.2, 0) is 0 Å². The number of hydrogen-bond donors (Lipinski definition) is 1. The molecule has 0 saturated heterocycles.